The highest BCUT2D eigenvalue weighted by Gasteiger charge is 2.15. The van der Waals surface area contributed by atoms with E-state index in [1.807, 2.05) is 56.3 Å². The SMILES string of the molecule is Cc1ccc(Nc2nnc(SCc3ccco3)n(-n3cccc3)c2=O)c(C)c1. The Labute approximate surface area is 166 Å². The van der Waals surface area contributed by atoms with E-state index in [1.165, 1.54) is 16.4 Å². The van der Waals surface area contributed by atoms with Gasteiger partial charge in [-0.25, -0.2) is 0 Å². The van der Waals surface area contributed by atoms with Gasteiger partial charge in [0.05, 0.1) is 12.0 Å². The molecule has 1 aromatic carbocycles. The van der Waals surface area contributed by atoms with Crippen LogP contribution in [0.25, 0.3) is 0 Å². The Morgan fingerprint density at radius 3 is 2.64 bits per heavy atom. The highest BCUT2D eigenvalue weighted by molar-refractivity contribution is 7.98. The molecular formula is C20H19N5O2S. The number of benzene rings is 1. The molecule has 142 valence electrons. The lowest BCUT2D eigenvalue weighted by Gasteiger charge is -2.14. The summed E-state index contributed by atoms with van der Waals surface area (Å²) >= 11 is 1.38. The number of nitrogens with zero attached hydrogens (tertiary/aromatic N) is 4. The van der Waals surface area contributed by atoms with Crippen molar-refractivity contribution in [1.29, 1.82) is 0 Å². The van der Waals surface area contributed by atoms with Crippen molar-refractivity contribution in [1.82, 2.24) is 19.5 Å². The number of hydrogen-bond donors (Lipinski definition) is 1. The lowest BCUT2D eigenvalue weighted by atomic mass is 10.1. The Morgan fingerprint density at radius 2 is 1.93 bits per heavy atom. The van der Waals surface area contributed by atoms with Crippen molar-refractivity contribution in [2.24, 2.45) is 0 Å². The summed E-state index contributed by atoms with van der Waals surface area (Å²) in [5.41, 5.74) is 2.73. The molecule has 0 aliphatic rings. The van der Waals surface area contributed by atoms with Crippen LogP contribution in [0, 0.1) is 13.8 Å². The van der Waals surface area contributed by atoms with Crippen LogP contribution in [0.5, 0.6) is 0 Å². The van der Waals surface area contributed by atoms with E-state index in [0.29, 0.717) is 10.9 Å². The van der Waals surface area contributed by atoms with E-state index in [4.69, 9.17) is 4.42 Å². The lowest BCUT2D eigenvalue weighted by Crippen LogP contribution is -2.30. The fourth-order valence-corrected chi connectivity index (χ4v) is 3.64. The molecule has 3 heterocycles. The first kappa shape index (κ1) is 18.1. The monoisotopic (exact) mass is 393 g/mol. The van der Waals surface area contributed by atoms with Crippen LogP contribution >= 0.6 is 11.8 Å². The fourth-order valence-electron chi connectivity index (χ4n) is 2.81. The topological polar surface area (TPSA) is 77.9 Å². The molecule has 0 atom stereocenters. The molecule has 0 radical (unpaired) electrons. The Morgan fingerprint density at radius 1 is 1.11 bits per heavy atom. The molecule has 0 saturated carbocycles. The summed E-state index contributed by atoms with van der Waals surface area (Å²) in [5.74, 6) is 1.52. The number of rotatable bonds is 6. The van der Waals surface area contributed by atoms with Crippen LogP contribution in [0.15, 0.2) is 75.5 Å². The first-order valence-corrected chi connectivity index (χ1v) is 9.73. The van der Waals surface area contributed by atoms with E-state index in [2.05, 4.69) is 15.5 Å². The standard InChI is InChI=1S/C20H19N5O2S/c1-14-7-8-17(15(2)12-14)21-18-19(26)25(24-9-3-4-10-24)20(23-22-18)28-13-16-6-5-11-27-16/h3-12H,13H2,1-2H3,(H,21,22). The molecule has 0 aliphatic carbocycles. The first-order valence-electron chi connectivity index (χ1n) is 8.74. The van der Waals surface area contributed by atoms with Crippen molar-refractivity contribution in [2.75, 3.05) is 5.32 Å². The van der Waals surface area contributed by atoms with Crippen LogP contribution < -0.4 is 10.9 Å². The Balaban J connectivity index is 1.71. The van der Waals surface area contributed by atoms with Crippen LogP contribution in [-0.2, 0) is 5.75 Å². The molecule has 0 saturated heterocycles. The number of aryl methyl sites for hydroxylation is 2. The third-order valence-electron chi connectivity index (χ3n) is 4.19. The zero-order valence-electron chi connectivity index (χ0n) is 15.5. The van der Waals surface area contributed by atoms with Crippen molar-refractivity contribution in [3.05, 3.63) is 88.4 Å². The van der Waals surface area contributed by atoms with Crippen molar-refractivity contribution in [3.8, 4) is 0 Å². The van der Waals surface area contributed by atoms with Gasteiger partial charge in [0.2, 0.25) is 11.0 Å². The molecule has 3 aromatic heterocycles. The van der Waals surface area contributed by atoms with E-state index < -0.39 is 0 Å². The normalized spacial score (nSPS) is 10.9. The highest BCUT2D eigenvalue weighted by atomic mass is 32.2. The zero-order valence-corrected chi connectivity index (χ0v) is 16.3. The molecule has 0 spiro atoms. The summed E-state index contributed by atoms with van der Waals surface area (Å²) in [4.78, 5) is 13.2. The van der Waals surface area contributed by atoms with Crippen molar-refractivity contribution in [2.45, 2.75) is 24.8 Å². The van der Waals surface area contributed by atoms with E-state index in [0.717, 1.165) is 22.6 Å². The van der Waals surface area contributed by atoms with Gasteiger partial charge >= 0.3 is 5.56 Å². The zero-order chi connectivity index (χ0) is 19.5. The fraction of sp³-hybridized carbons (Fsp3) is 0.150. The van der Waals surface area contributed by atoms with Crippen LogP contribution in [-0.4, -0.2) is 19.5 Å². The van der Waals surface area contributed by atoms with Gasteiger partial charge in [0.15, 0.2) is 0 Å². The quantitative estimate of drug-likeness (QED) is 0.499. The molecular weight excluding hydrogens is 374 g/mol. The largest absolute Gasteiger partial charge is 0.468 e. The minimum atomic E-state index is -0.284. The minimum Gasteiger partial charge on any atom is -0.468 e. The van der Waals surface area contributed by atoms with Crippen molar-refractivity contribution < 1.29 is 4.42 Å². The first-order chi connectivity index (χ1) is 13.6. The third-order valence-corrected chi connectivity index (χ3v) is 5.13. The molecule has 0 bridgehead atoms. The average Bonchev–Trinajstić information content (AvgIpc) is 3.38. The van der Waals surface area contributed by atoms with Crippen LogP contribution in [0.1, 0.15) is 16.9 Å². The average molecular weight is 393 g/mol. The minimum absolute atomic E-state index is 0.169. The second-order valence-corrected chi connectivity index (χ2v) is 7.27. The molecule has 4 aromatic rings. The molecule has 0 unspecified atom stereocenters. The van der Waals surface area contributed by atoms with E-state index in [1.54, 1.807) is 23.3 Å². The lowest BCUT2D eigenvalue weighted by molar-refractivity contribution is 0.523. The van der Waals surface area contributed by atoms with E-state index >= 15 is 0 Å². The maximum atomic E-state index is 13.2. The van der Waals surface area contributed by atoms with Gasteiger partial charge in [-0.3, -0.25) is 9.47 Å². The van der Waals surface area contributed by atoms with Crippen LogP contribution in [0.3, 0.4) is 0 Å². The van der Waals surface area contributed by atoms with Crippen LogP contribution in [0.2, 0.25) is 0 Å². The number of anilines is 2. The molecule has 0 aliphatic heterocycles. The Hall–Kier alpha value is -3.26. The van der Waals surface area contributed by atoms with E-state index in [9.17, 15) is 4.79 Å². The highest BCUT2D eigenvalue weighted by Crippen LogP contribution is 2.22. The number of thioether (sulfide) groups is 1. The smallest absolute Gasteiger partial charge is 0.316 e. The van der Waals surface area contributed by atoms with Crippen molar-refractivity contribution in [3.63, 3.8) is 0 Å². The van der Waals surface area contributed by atoms with Gasteiger partial charge in [0.25, 0.3) is 0 Å². The maximum absolute atomic E-state index is 13.2. The number of furan rings is 1. The summed E-state index contributed by atoms with van der Waals surface area (Å²) in [6.45, 7) is 4.02. The predicted octanol–water partition coefficient (Wildman–Crippen LogP) is 4.00. The van der Waals surface area contributed by atoms with Gasteiger partial charge in [-0.05, 0) is 49.7 Å². The Bertz CT molecular complexity index is 1130. The predicted molar refractivity (Wildman–Crippen MR) is 109 cm³/mol. The van der Waals surface area contributed by atoms with Gasteiger partial charge in [-0.1, -0.05) is 29.5 Å². The maximum Gasteiger partial charge on any atom is 0.316 e. The van der Waals surface area contributed by atoms with Gasteiger partial charge < -0.3 is 9.73 Å². The second-order valence-electron chi connectivity index (χ2n) is 6.32. The summed E-state index contributed by atoms with van der Waals surface area (Å²) in [7, 11) is 0. The molecule has 0 amide bonds. The third kappa shape index (κ3) is 3.72. The number of nitrogens with one attached hydrogen (secondary N) is 1. The van der Waals surface area contributed by atoms with Gasteiger partial charge in [-0.15, -0.1) is 10.2 Å². The van der Waals surface area contributed by atoms with Crippen molar-refractivity contribution >= 4 is 23.3 Å². The molecule has 28 heavy (non-hydrogen) atoms. The number of aromatic nitrogens is 4. The Kier molecular flexibility index (Phi) is 5.03. The molecule has 4 rings (SSSR count). The second kappa shape index (κ2) is 7.77. The van der Waals surface area contributed by atoms with Gasteiger partial charge in [-0.2, -0.15) is 4.68 Å². The molecule has 7 nitrogen and oxygen atoms in total. The van der Waals surface area contributed by atoms with Gasteiger partial charge in [0, 0.05) is 18.1 Å². The molecule has 0 fully saturated rings. The number of hydrogen-bond acceptors (Lipinski definition) is 6. The van der Waals surface area contributed by atoms with Gasteiger partial charge in [0.1, 0.15) is 5.76 Å². The molecule has 1 N–H and O–H groups in total. The molecule has 8 heteroatoms. The summed E-state index contributed by atoms with van der Waals surface area (Å²) in [6.07, 6.45) is 5.21. The summed E-state index contributed by atoms with van der Waals surface area (Å²) in [6, 6.07) is 13.4. The van der Waals surface area contributed by atoms with Crippen LogP contribution in [0.4, 0.5) is 11.5 Å². The van der Waals surface area contributed by atoms with E-state index in [-0.39, 0.29) is 11.4 Å². The summed E-state index contributed by atoms with van der Waals surface area (Å²) in [5, 5.41) is 12.0. The summed E-state index contributed by atoms with van der Waals surface area (Å²) < 4.78 is 8.55.